The number of aromatic nitrogens is 4. The molecule has 0 aliphatic rings. The molecule has 0 saturated carbocycles. The number of rotatable bonds is 4. The van der Waals surface area contributed by atoms with E-state index in [0.717, 1.165) is 0 Å². The first kappa shape index (κ1) is 14.9. The highest BCUT2D eigenvalue weighted by molar-refractivity contribution is 9.10. The normalized spacial score (nSPS) is 12.2. The monoisotopic (exact) mass is 359 g/mol. The highest BCUT2D eigenvalue weighted by atomic mass is 79.9. The molecule has 1 aromatic carbocycles. The van der Waals surface area contributed by atoms with Crippen LogP contribution in [0.15, 0.2) is 27.8 Å². The van der Waals surface area contributed by atoms with Crippen LogP contribution in [0.2, 0.25) is 0 Å². The number of amides is 1. The quantitative estimate of drug-likeness (QED) is 0.847. The van der Waals surface area contributed by atoms with Gasteiger partial charge in [0.25, 0.3) is 0 Å². The summed E-state index contributed by atoms with van der Waals surface area (Å²) in [6, 6.07) is 4.45. The van der Waals surface area contributed by atoms with E-state index in [2.05, 4.69) is 36.8 Å². The molecular formula is C11H11BrFN5OS. The number of hydrogen-bond acceptors (Lipinski definition) is 5. The highest BCUT2D eigenvalue weighted by Crippen LogP contribution is 2.23. The van der Waals surface area contributed by atoms with Crippen LogP contribution in [0.4, 0.5) is 10.1 Å². The lowest BCUT2D eigenvalue weighted by Crippen LogP contribution is -2.23. The van der Waals surface area contributed by atoms with Gasteiger partial charge in [0.15, 0.2) is 0 Å². The third-order valence-electron chi connectivity index (χ3n) is 2.42. The Morgan fingerprint density at radius 3 is 2.90 bits per heavy atom. The second-order valence-corrected chi connectivity index (χ2v) is 6.18. The number of hydrogen-bond donors (Lipinski definition) is 1. The summed E-state index contributed by atoms with van der Waals surface area (Å²) >= 11 is 4.35. The lowest BCUT2D eigenvalue weighted by atomic mass is 10.3. The topological polar surface area (TPSA) is 72.7 Å². The average molecular weight is 360 g/mol. The van der Waals surface area contributed by atoms with Crippen LogP contribution in [-0.4, -0.2) is 31.4 Å². The Bertz CT molecular complexity index is 635. The van der Waals surface area contributed by atoms with Gasteiger partial charge in [-0.25, -0.2) is 9.07 Å². The smallest absolute Gasteiger partial charge is 0.237 e. The predicted molar refractivity (Wildman–Crippen MR) is 76.8 cm³/mol. The van der Waals surface area contributed by atoms with Crippen molar-refractivity contribution < 1.29 is 9.18 Å². The number of nitrogens with one attached hydrogen (secondary N) is 1. The maximum atomic E-state index is 13.6. The van der Waals surface area contributed by atoms with Gasteiger partial charge < -0.3 is 5.32 Å². The Hall–Kier alpha value is -1.48. The van der Waals surface area contributed by atoms with Gasteiger partial charge in [-0.1, -0.05) is 27.7 Å². The van der Waals surface area contributed by atoms with Crippen molar-refractivity contribution in [2.24, 2.45) is 7.05 Å². The van der Waals surface area contributed by atoms with Gasteiger partial charge in [0.1, 0.15) is 5.82 Å². The summed E-state index contributed by atoms with van der Waals surface area (Å²) in [6.45, 7) is 1.70. The standard InChI is InChI=1S/C11H11BrFN5OS/c1-6(20-11-15-16-17-18(11)2)10(19)14-9-4-3-7(12)5-8(9)13/h3-6H,1-2H3,(H,14,19). The van der Waals surface area contributed by atoms with E-state index in [1.165, 1.54) is 28.6 Å². The molecule has 0 aliphatic carbocycles. The fourth-order valence-corrected chi connectivity index (χ4v) is 2.45. The molecule has 1 heterocycles. The Balaban J connectivity index is 2.02. The third-order valence-corrected chi connectivity index (χ3v) is 4.04. The molecule has 0 saturated heterocycles. The van der Waals surface area contributed by atoms with Gasteiger partial charge in [-0.15, -0.1) is 5.10 Å². The first-order valence-corrected chi connectivity index (χ1v) is 7.29. The largest absolute Gasteiger partial charge is 0.323 e. The van der Waals surface area contributed by atoms with Crippen molar-refractivity contribution in [3.63, 3.8) is 0 Å². The van der Waals surface area contributed by atoms with Crippen LogP contribution in [0, 0.1) is 5.82 Å². The summed E-state index contributed by atoms with van der Waals surface area (Å²) < 4.78 is 15.7. The van der Waals surface area contributed by atoms with Crippen molar-refractivity contribution >= 4 is 39.3 Å². The molecule has 0 aliphatic heterocycles. The second kappa shape index (κ2) is 6.31. The number of nitrogens with zero attached hydrogens (tertiary/aromatic N) is 4. The number of carbonyl (C=O) groups excluding carboxylic acids is 1. The molecule has 0 bridgehead atoms. The summed E-state index contributed by atoms with van der Waals surface area (Å²) in [6.07, 6.45) is 0. The molecule has 0 spiro atoms. The Kier molecular flexibility index (Phi) is 4.71. The highest BCUT2D eigenvalue weighted by Gasteiger charge is 2.18. The average Bonchev–Trinajstić information content (AvgIpc) is 2.78. The molecule has 1 unspecified atom stereocenters. The predicted octanol–water partition coefficient (Wildman–Crippen LogP) is 2.23. The lowest BCUT2D eigenvalue weighted by molar-refractivity contribution is -0.115. The number of halogens is 2. The van der Waals surface area contributed by atoms with E-state index in [1.54, 1.807) is 20.0 Å². The number of benzene rings is 1. The molecule has 2 rings (SSSR count). The van der Waals surface area contributed by atoms with E-state index in [9.17, 15) is 9.18 Å². The summed E-state index contributed by atoms with van der Waals surface area (Å²) in [5, 5.41) is 13.5. The lowest BCUT2D eigenvalue weighted by Gasteiger charge is -2.11. The van der Waals surface area contributed by atoms with E-state index in [0.29, 0.717) is 9.63 Å². The molecule has 1 atom stereocenters. The number of anilines is 1. The van der Waals surface area contributed by atoms with Gasteiger partial charge >= 0.3 is 0 Å². The van der Waals surface area contributed by atoms with Crippen LogP contribution >= 0.6 is 27.7 Å². The van der Waals surface area contributed by atoms with Gasteiger partial charge in [0.05, 0.1) is 10.9 Å². The van der Waals surface area contributed by atoms with Crippen LogP contribution in [0.5, 0.6) is 0 Å². The number of carbonyl (C=O) groups is 1. The van der Waals surface area contributed by atoms with Crippen LogP contribution < -0.4 is 5.32 Å². The van der Waals surface area contributed by atoms with E-state index in [4.69, 9.17) is 0 Å². The molecule has 0 radical (unpaired) electrons. The minimum Gasteiger partial charge on any atom is -0.323 e. The van der Waals surface area contributed by atoms with Crippen molar-refractivity contribution in [1.29, 1.82) is 0 Å². The summed E-state index contributed by atoms with van der Waals surface area (Å²) in [7, 11) is 1.68. The van der Waals surface area contributed by atoms with Crippen molar-refractivity contribution in [2.45, 2.75) is 17.3 Å². The van der Waals surface area contributed by atoms with Crippen molar-refractivity contribution in [3.05, 3.63) is 28.5 Å². The molecular weight excluding hydrogens is 349 g/mol. The molecule has 0 fully saturated rings. The second-order valence-electron chi connectivity index (χ2n) is 3.96. The third kappa shape index (κ3) is 3.54. The van der Waals surface area contributed by atoms with Crippen LogP contribution in [0.1, 0.15) is 6.92 Å². The van der Waals surface area contributed by atoms with E-state index < -0.39 is 11.1 Å². The zero-order valence-electron chi connectivity index (χ0n) is 10.7. The molecule has 6 nitrogen and oxygen atoms in total. The van der Waals surface area contributed by atoms with Crippen molar-refractivity contribution in [3.8, 4) is 0 Å². The number of aryl methyl sites for hydroxylation is 1. The van der Waals surface area contributed by atoms with Crippen LogP contribution in [0.25, 0.3) is 0 Å². The van der Waals surface area contributed by atoms with Crippen LogP contribution in [-0.2, 0) is 11.8 Å². The fourth-order valence-electron chi connectivity index (χ4n) is 1.36. The van der Waals surface area contributed by atoms with Crippen molar-refractivity contribution in [2.75, 3.05) is 5.32 Å². The van der Waals surface area contributed by atoms with E-state index >= 15 is 0 Å². The molecule has 9 heteroatoms. The minimum atomic E-state index is -0.495. The first-order valence-electron chi connectivity index (χ1n) is 5.62. The van der Waals surface area contributed by atoms with Gasteiger partial charge in [-0.3, -0.25) is 4.79 Å². The molecule has 1 N–H and O–H groups in total. The molecule has 1 aromatic heterocycles. The van der Waals surface area contributed by atoms with Gasteiger partial charge in [-0.05, 0) is 35.5 Å². The van der Waals surface area contributed by atoms with Crippen molar-refractivity contribution in [1.82, 2.24) is 20.2 Å². The maximum absolute atomic E-state index is 13.6. The van der Waals surface area contributed by atoms with Gasteiger partial charge in [-0.2, -0.15) is 0 Å². The molecule has 1 amide bonds. The minimum absolute atomic E-state index is 0.141. The Morgan fingerprint density at radius 1 is 1.55 bits per heavy atom. The molecule has 106 valence electrons. The molecule has 20 heavy (non-hydrogen) atoms. The van der Waals surface area contributed by atoms with E-state index in [-0.39, 0.29) is 11.6 Å². The van der Waals surface area contributed by atoms with Gasteiger partial charge in [0.2, 0.25) is 11.1 Å². The van der Waals surface area contributed by atoms with Crippen LogP contribution in [0.3, 0.4) is 0 Å². The Morgan fingerprint density at radius 2 is 2.30 bits per heavy atom. The number of tetrazole rings is 1. The SMILES string of the molecule is CC(Sc1nnnn1C)C(=O)Nc1ccc(Br)cc1F. The summed E-state index contributed by atoms with van der Waals surface area (Å²) in [5.74, 6) is -0.815. The zero-order valence-corrected chi connectivity index (χ0v) is 13.1. The molecule has 2 aromatic rings. The number of thioether (sulfide) groups is 1. The van der Waals surface area contributed by atoms with E-state index in [1.807, 2.05) is 0 Å². The summed E-state index contributed by atoms with van der Waals surface area (Å²) in [5.41, 5.74) is 0.141. The Labute approximate surface area is 127 Å². The van der Waals surface area contributed by atoms with Gasteiger partial charge in [0, 0.05) is 11.5 Å². The summed E-state index contributed by atoms with van der Waals surface area (Å²) in [4.78, 5) is 12.0. The first-order chi connectivity index (χ1) is 9.47. The fraction of sp³-hybridized carbons (Fsp3) is 0.273. The maximum Gasteiger partial charge on any atom is 0.237 e. The zero-order chi connectivity index (χ0) is 14.7.